The molecule has 4 nitrogen and oxygen atoms in total. The number of nitrogens with zero attached hydrogens (tertiary/aromatic N) is 3. The van der Waals surface area contributed by atoms with Crippen LogP contribution in [0.25, 0.3) is 0 Å². The van der Waals surface area contributed by atoms with Gasteiger partial charge in [0.15, 0.2) is 0 Å². The summed E-state index contributed by atoms with van der Waals surface area (Å²) in [5, 5.41) is 7.86. The van der Waals surface area contributed by atoms with Crippen LogP contribution in [0, 0.1) is 0 Å². The minimum atomic E-state index is 0.284. The van der Waals surface area contributed by atoms with E-state index >= 15 is 0 Å². The Balaban J connectivity index is 1.97. The lowest BCUT2D eigenvalue weighted by Crippen LogP contribution is -2.35. The van der Waals surface area contributed by atoms with Gasteiger partial charge in [-0.05, 0) is 38.5 Å². The molecule has 0 aliphatic carbocycles. The van der Waals surface area contributed by atoms with Gasteiger partial charge in [0.1, 0.15) is 0 Å². The first-order valence-electron chi connectivity index (χ1n) is 6.33. The summed E-state index contributed by atoms with van der Waals surface area (Å²) in [6, 6.07) is 6.95. The summed E-state index contributed by atoms with van der Waals surface area (Å²) in [7, 11) is 0. The zero-order valence-electron chi connectivity index (χ0n) is 11.1. The Labute approximate surface area is 108 Å². The number of pyridine rings is 1. The summed E-state index contributed by atoms with van der Waals surface area (Å²) >= 11 is 0. The third-order valence-corrected chi connectivity index (χ3v) is 3.36. The van der Waals surface area contributed by atoms with Crippen LogP contribution < -0.4 is 5.32 Å². The maximum absolute atomic E-state index is 4.28. The van der Waals surface area contributed by atoms with Crippen molar-refractivity contribution in [3.05, 3.63) is 48.5 Å². The number of hydrogen-bond donors (Lipinski definition) is 1. The first-order valence-corrected chi connectivity index (χ1v) is 6.33. The molecule has 0 fully saturated rings. The van der Waals surface area contributed by atoms with Crippen molar-refractivity contribution in [2.75, 3.05) is 0 Å². The van der Waals surface area contributed by atoms with Crippen LogP contribution in [0.15, 0.2) is 43.0 Å². The fourth-order valence-electron chi connectivity index (χ4n) is 2.01. The molecule has 0 aromatic carbocycles. The monoisotopic (exact) mass is 244 g/mol. The summed E-state index contributed by atoms with van der Waals surface area (Å²) in [4.78, 5) is 4.15. The molecule has 4 heteroatoms. The molecule has 0 aliphatic rings. The van der Waals surface area contributed by atoms with Gasteiger partial charge in [-0.15, -0.1) is 0 Å². The predicted octanol–water partition coefficient (Wildman–Crippen LogP) is 2.58. The molecule has 0 saturated carbocycles. The van der Waals surface area contributed by atoms with Gasteiger partial charge in [-0.2, -0.15) is 5.10 Å². The lowest BCUT2D eigenvalue weighted by atomic mass is 10.1. The molecule has 2 aromatic rings. The standard InChI is InChI=1S/C14H20N4/c1-11(13(3)18-9-5-8-16-18)17-12(2)14-6-4-7-15-10-14/h4-13,17H,1-3H3/t11-,12-,13+/m0/s1. The first kappa shape index (κ1) is 12.8. The van der Waals surface area contributed by atoms with E-state index in [-0.39, 0.29) is 6.04 Å². The van der Waals surface area contributed by atoms with Crippen molar-refractivity contribution in [1.82, 2.24) is 20.1 Å². The van der Waals surface area contributed by atoms with E-state index in [9.17, 15) is 0 Å². The van der Waals surface area contributed by atoms with Crippen LogP contribution in [0.3, 0.4) is 0 Å². The molecule has 96 valence electrons. The van der Waals surface area contributed by atoms with E-state index in [1.807, 2.05) is 35.4 Å². The van der Waals surface area contributed by atoms with Gasteiger partial charge in [-0.25, -0.2) is 0 Å². The second-order valence-electron chi connectivity index (χ2n) is 4.69. The Bertz CT molecular complexity index is 452. The Morgan fingerprint density at radius 1 is 1.17 bits per heavy atom. The largest absolute Gasteiger partial charge is 0.306 e. The van der Waals surface area contributed by atoms with Gasteiger partial charge in [0.2, 0.25) is 0 Å². The van der Waals surface area contributed by atoms with Crippen molar-refractivity contribution in [1.29, 1.82) is 0 Å². The second-order valence-corrected chi connectivity index (χ2v) is 4.69. The van der Waals surface area contributed by atoms with Crippen LogP contribution in [-0.2, 0) is 0 Å². The highest BCUT2D eigenvalue weighted by Gasteiger charge is 2.16. The minimum Gasteiger partial charge on any atom is -0.306 e. The van der Waals surface area contributed by atoms with E-state index in [1.165, 1.54) is 5.56 Å². The Morgan fingerprint density at radius 3 is 2.61 bits per heavy atom. The van der Waals surface area contributed by atoms with Gasteiger partial charge >= 0.3 is 0 Å². The third kappa shape index (κ3) is 2.96. The molecule has 0 amide bonds. The molecule has 2 aromatic heterocycles. The van der Waals surface area contributed by atoms with Crippen molar-refractivity contribution >= 4 is 0 Å². The number of hydrogen-bond acceptors (Lipinski definition) is 3. The lowest BCUT2D eigenvalue weighted by molar-refractivity contribution is 0.342. The van der Waals surface area contributed by atoms with Gasteiger partial charge in [0.25, 0.3) is 0 Å². The SMILES string of the molecule is C[C@H](N[C@@H](C)[C@@H](C)n1cccn1)c1cccnc1. The van der Waals surface area contributed by atoms with E-state index in [1.54, 1.807) is 6.20 Å². The van der Waals surface area contributed by atoms with E-state index in [4.69, 9.17) is 0 Å². The molecule has 0 unspecified atom stereocenters. The van der Waals surface area contributed by atoms with Crippen molar-refractivity contribution < 1.29 is 0 Å². The molecule has 2 rings (SSSR count). The molecule has 0 spiro atoms. The van der Waals surface area contributed by atoms with Crippen molar-refractivity contribution in [2.45, 2.75) is 38.9 Å². The van der Waals surface area contributed by atoms with E-state index < -0.39 is 0 Å². The maximum Gasteiger partial charge on any atom is 0.0641 e. The average Bonchev–Trinajstić information content (AvgIpc) is 2.92. The first-order chi connectivity index (χ1) is 8.68. The van der Waals surface area contributed by atoms with Crippen molar-refractivity contribution in [3.63, 3.8) is 0 Å². The molecule has 0 radical (unpaired) electrons. The number of aromatic nitrogens is 3. The molecule has 0 aliphatic heterocycles. The van der Waals surface area contributed by atoms with Crippen LogP contribution in [0.1, 0.15) is 38.4 Å². The molecule has 0 saturated heterocycles. The Kier molecular flexibility index (Phi) is 4.10. The van der Waals surface area contributed by atoms with Crippen LogP contribution in [0.2, 0.25) is 0 Å². The Hall–Kier alpha value is -1.68. The highest BCUT2D eigenvalue weighted by Crippen LogP contribution is 2.15. The highest BCUT2D eigenvalue weighted by molar-refractivity contribution is 5.13. The lowest BCUT2D eigenvalue weighted by Gasteiger charge is -2.25. The topological polar surface area (TPSA) is 42.7 Å². The second kappa shape index (κ2) is 5.78. The zero-order chi connectivity index (χ0) is 13.0. The van der Waals surface area contributed by atoms with E-state index in [0.29, 0.717) is 12.1 Å². The van der Waals surface area contributed by atoms with Gasteiger partial charge in [-0.3, -0.25) is 9.67 Å². The summed E-state index contributed by atoms with van der Waals surface area (Å²) in [6.45, 7) is 6.50. The predicted molar refractivity (Wildman–Crippen MR) is 72.2 cm³/mol. The Morgan fingerprint density at radius 2 is 2.00 bits per heavy atom. The normalized spacial score (nSPS) is 16.2. The van der Waals surface area contributed by atoms with Crippen molar-refractivity contribution in [3.8, 4) is 0 Å². The maximum atomic E-state index is 4.28. The van der Waals surface area contributed by atoms with Gasteiger partial charge in [-0.1, -0.05) is 6.07 Å². The summed E-state index contributed by atoms with van der Waals surface area (Å²) in [6.07, 6.45) is 7.51. The third-order valence-electron chi connectivity index (χ3n) is 3.36. The van der Waals surface area contributed by atoms with E-state index in [2.05, 4.69) is 42.2 Å². The summed E-state index contributed by atoms with van der Waals surface area (Å²) < 4.78 is 1.98. The molecule has 3 atom stereocenters. The van der Waals surface area contributed by atoms with Gasteiger partial charge in [0, 0.05) is 36.9 Å². The average molecular weight is 244 g/mol. The molecule has 18 heavy (non-hydrogen) atoms. The van der Waals surface area contributed by atoms with Crippen LogP contribution >= 0.6 is 0 Å². The molecular formula is C14H20N4. The fourth-order valence-corrected chi connectivity index (χ4v) is 2.01. The minimum absolute atomic E-state index is 0.284. The van der Waals surface area contributed by atoms with Gasteiger partial charge in [0.05, 0.1) is 6.04 Å². The molecule has 0 bridgehead atoms. The quantitative estimate of drug-likeness (QED) is 0.879. The van der Waals surface area contributed by atoms with Crippen molar-refractivity contribution in [2.24, 2.45) is 0 Å². The molecule has 1 N–H and O–H groups in total. The molecule has 2 heterocycles. The van der Waals surface area contributed by atoms with Gasteiger partial charge < -0.3 is 5.32 Å². The number of rotatable bonds is 5. The molecular weight excluding hydrogens is 224 g/mol. The fraction of sp³-hybridized carbons (Fsp3) is 0.429. The highest BCUT2D eigenvalue weighted by atomic mass is 15.3. The summed E-state index contributed by atoms with van der Waals surface area (Å²) in [5.74, 6) is 0. The number of nitrogens with one attached hydrogen (secondary N) is 1. The zero-order valence-corrected chi connectivity index (χ0v) is 11.1. The van der Waals surface area contributed by atoms with Crippen LogP contribution in [0.4, 0.5) is 0 Å². The van der Waals surface area contributed by atoms with E-state index in [0.717, 1.165) is 0 Å². The van der Waals surface area contributed by atoms with Crippen LogP contribution in [0.5, 0.6) is 0 Å². The smallest absolute Gasteiger partial charge is 0.0641 e. The summed E-state index contributed by atoms with van der Waals surface area (Å²) in [5.41, 5.74) is 1.21. The van der Waals surface area contributed by atoms with Crippen LogP contribution in [-0.4, -0.2) is 20.8 Å².